The van der Waals surface area contributed by atoms with E-state index in [9.17, 15) is 0 Å². The number of methoxy groups -OCH3 is 1. The highest BCUT2D eigenvalue weighted by Crippen LogP contribution is 2.32. The Morgan fingerprint density at radius 3 is 2.48 bits per heavy atom. The Labute approximate surface area is 125 Å². The summed E-state index contributed by atoms with van der Waals surface area (Å²) in [5.41, 5.74) is 9.83. The standard InChI is InChI=1S/C19H19NO/c1-13-10-11-17(18(12-13)21-2)19(20)16-9-5-7-14-6-3-4-8-15(14)16/h3-12,19H,20H2,1-2H3. The molecule has 0 aliphatic heterocycles. The monoisotopic (exact) mass is 277 g/mol. The highest BCUT2D eigenvalue weighted by atomic mass is 16.5. The molecule has 21 heavy (non-hydrogen) atoms. The predicted octanol–water partition coefficient (Wildman–Crippen LogP) is 4.20. The Morgan fingerprint density at radius 1 is 0.905 bits per heavy atom. The molecule has 0 saturated carbocycles. The third kappa shape index (κ3) is 2.50. The van der Waals surface area contributed by atoms with E-state index in [2.05, 4.69) is 49.4 Å². The molecule has 3 aromatic carbocycles. The van der Waals surface area contributed by atoms with Crippen molar-refractivity contribution in [1.29, 1.82) is 0 Å². The van der Waals surface area contributed by atoms with Gasteiger partial charge >= 0.3 is 0 Å². The molecule has 0 fully saturated rings. The van der Waals surface area contributed by atoms with Crippen LogP contribution in [0, 0.1) is 6.92 Å². The largest absolute Gasteiger partial charge is 0.496 e. The molecule has 0 radical (unpaired) electrons. The third-order valence-electron chi connectivity index (χ3n) is 3.88. The van der Waals surface area contributed by atoms with Crippen molar-refractivity contribution in [2.75, 3.05) is 7.11 Å². The molecule has 2 N–H and O–H groups in total. The molecular weight excluding hydrogens is 258 g/mol. The predicted molar refractivity (Wildman–Crippen MR) is 87.7 cm³/mol. The summed E-state index contributed by atoms with van der Waals surface area (Å²) in [7, 11) is 1.69. The minimum absolute atomic E-state index is 0.202. The maximum Gasteiger partial charge on any atom is 0.124 e. The van der Waals surface area contributed by atoms with E-state index in [0.717, 1.165) is 16.9 Å². The van der Waals surface area contributed by atoms with E-state index in [0.29, 0.717) is 0 Å². The fourth-order valence-corrected chi connectivity index (χ4v) is 2.76. The van der Waals surface area contributed by atoms with Crippen LogP contribution in [0.2, 0.25) is 0 Å². The first-order valence-electron chi connectivity index (χ1n) is 7.08. The summed E-state index contributed by atoms with van der Waals surface area (Å²) >= 11 is 0. The zero-order valence-corrected chi connectivity index (χ0v) is 12.3. The zero-order valence-electron chi connectivity index (χ0n) is 12.3. The van der Waals surface area contributed by atoms with Crippen molar-refractivity contribution >= 4 is 10.8 Å². The molecule has 0 spiro atoms. The smallest absolute Gasteiger partial charge is 0.124 e. The van der Waals surface area contributed by atoms with Crippen molar-refractivity contribution in [3.05, 3.63) is 77.4 Å². The highest BCUT2D eigenvalue weighted by molar-refractivity contribution is 5.86. The zero-order chi connectivity index (χ0) is 14.8. The van der Waals surface area contributed by atoms with Crippen LogP contribution in [0.3, 0.4) is 0 Å². The van der Waals surface area contributed by atoms with Gasteiger partial charge in [-0.25, -0.2) is 0 Å². The number of nitrogens with two attached hydrogens (primary N) is 1. The number of fused-ring (bicyclic) bond motifs is 1. The van der Waals surface area contributed by atoms with Crippen molar-refractivity contribution in [3.63, 3.8) is 0 Å². The average molecular weight is 277 g/mol. The van der Waals surface area contributed by atoms with E-state index in [1.165, 1.54) is 16.3 Å². The normalized spacial score (nSPS) is 12.3. The fraction of sp³-hybridized carbons (Fsp3) is 0.158. The lowest BCUT2D eigenvalue weighted by Crippen LogP contribution is -2.13. The van der Waals surface area contributed by atoms with Crippen molar-refractivity contribution in [2.24, 2.45) is 5.73 Å². The second-order valence-electron chi connectivity index (χ2n) is 5.29. The third-order valence-corrected chi connectivity index (χ3v) is 3.88. The van der Waals surface area contributed by atoms with Gasteiger partial charge in [0.2, 0.25) is 0 Å². The maximum absolute atomic E-state index is 6.53. The van der Waals surface area contributed by atoms with Gasteiger partial charge < -0.3 is 10.5 Å². The van der Waals surface area contributed by atoms with Crippen LogP contribution in [-0.2, 0) is 0 Å². The first-order chi connectivity index (χ1) is 10.2. The maximum atomic E-state index is 6.53. The Bertz CT molecular complexity index is 774. The number of hydrogen-bond donors (Lipinski definition) is 1. The Morgan fingerprint density at radius 2 is 1.67 bits per heavy atom. The molecule has 0 aromatic heterocycles. The summed E-state index contributed by atoms with van der Waals surface area (Å²) in [4.78, 5) is 0. The highest BCUT2D eigenvalue weighted by Gasteiger charge is 2.16. The minimum atomic E-state index is -0.202. The van der Waals surface area contributed by atoms with Crippen molar-refractivity contribution in [1.82, 2.24) is 0 Å². The van der Waals surface area contributed by atoms with Gasteiger partial charge in [0.1, 0.15) is 5.75 Å². The number of ether oxygens (including phenoxy) is 1. The van der Waals surface area contributed by atoms with Crippen molar-refractivity contribution < 1.29 is 4.74 Å². The molecule has 1 atom stereocenters. The molecule has 0 heterocycles. The topological polar surface area (TPSA) is 35.2 Å². The van der Waals surface area contributed by atoms with Gasteiger partial charge in [0.05, 0.1) is 13.2 Å². The van der Waals surface area contributed by atoms with E-state index in [-0.39, 0.29) is 6.04 Å². The van der Waals surface area contributed by atoms with E-state index in [4.69, 9.17) is 10.5 Å². The molecule has 2 heteroatoms. The number of aryl methyl sites for hydroxylation is 1. The summed E-state index contributed by atoms with van der Waals surface area (Å²) in [6.07, 6.45) is 0. The molecule has 0 saturated heterocycles. The van der Waals surface area contributed by atoms with Crippen molar-refractivity contribution in [2.45, 2.75) is 13.0 Å². The summed E-state index contributed by atoms with van der Waals surface area (Å²) in [5.74, 6) is 0.843. The van der Waals surface area contributed by atoms with E-state index in [1.54, 1.807) is 7.11 Å². The molecular formula is C19H19NO. The van der Waals surface area contributed by atoms with E-state index < -0.39 is 0 Å². The molecule has 0 amide bonds. The SMILES string of the molecule is COc1cc(C)ccc1C(N)c1cccc2ccccc12. The lowest BCUT2D eigenvalue weighted by Gasteiger charge is -2.18. The van der Waals surface area contributed by atoms with Crippen LogP contribution < -0.4 is 10.5 Å². The van der Waals surface area contributed by atoms with Gasteiger partial charge in [-0.1, -0.05) is 54.6 Å². The molecule has 106 valence electrons. The molecule has 0 aliphatic rings. The van der Waals surface area contributed by atoms with Gasteiger partial charge in [-0.3, -0.25) is 0 Å². The van der Waals surface area contributed by atoms with Crippen molar-refractivity contribution in [3.8, 4) is 5.75 Å². The first kappa shape index (κ1) is 13.7. The lowest BCUT2D eigenvalue weighted by atomic mass is 9.93. The fourth-order valence-electron chi connectivity index (χ4n) is 2.76. The first-order valence-corrected chi connectivity index (χ1v) is 7.08. The van der Waals surface area contributed by atoms with Gasteiger partial charge in [0.25, 0.3) is 0 Å². The van der Waals surface area contributed by atoms with Crippen LogP contribution in [-0.4, -0.2) is 7.11 Å². The Kier molecular flexibility index (Phi) is 3.63. The summed E-state index contributed by atoms with van der Waals surface area (Å²) in [5, 5.41) is 2.40. The van der Waals surface area contributed by atoms with Gasteiger partial charge in [0, 0.05) is 5.56 Å². The lowest BCUT2D eigenvalue weighted by molar-refractivity contribution is 0.407. The van der Waals surface area contributed by atoms with Crippen LogP contribution in [0.4, 0.5) is 0 Å². The van der Waals surface area contributed by atoms with Gasteiger partial charge in [-0.15, -0.1) is 0 Å². The Balaban J connectivity index is 2.15. The molecule has 3 rings (SSSR count). The van der Waals surface area contributed by atoms with Crippen LogP contribution >= 0.6 is 0 Å². The van der Waals surface area contributed by atoms with Crippen LogP contribution in [0.5, 0.6) is 5.75 Å². The minimum Gasteiger partial charge on any atom is -0.496 e. The van der Waals surface area contributed by atoms with Crippen LogP contribution in [0.1, 0.15) is 22.7 Å². The number of hydrogen-bond acceptors (Lipinski definition) is 2. The molecule has 0 bridgehead atoms. The molecule has 0 aliphatic carbocycles. The molecule has 2 nitrogen and oxygen atoms in total. The molecule has 3 aromatic rings. The Hall–Kier alpha value is -2.32. The summed E-state index contributed by atoms with van der Waals surface area (Å²) in [6, 6.07) is 20.5. The van der Waals surface area contributed by atoms with Gasteiger partial charge in [0.15, 0.2) is 0 Å². The summed E-state index contributed by atoms with van der Waals surface area (Å²) < 4.78 is 5.50. The van der Waals surface area contributed by atoms with Crippen LogP contribution in [0.15, 0.2) is 60.7 Å². The van der Waals surface area contributed by atoms with Gasteiger partial charge in [-0.05, 0) is 34.9 Å². The van der Waals surface area contributed by atoms with E-state index >= 15 is 0 Å². The van der Waals surface area contributed by atoms with Gasteiger partial charge in [-0.2, -0.15) is 0 Å². The number of rotatable bonds is 3. The second-order valence-corrected chi connectivity index (χ2v) is 5.29. The average Bonchev–Trinajstić information content (AvgIpc) is 2.53. The van der Waals surface area contributed by atoms with Crippen LogP contribution in [0.25, 0.3) is 10.8 Å². The van der Waals surface area contributed by atoms with E-state index in [1.807, 2.05) is 18.2 Å². The summed E-state index contributed by atoms with van der Waals surface area (Å²) in [6.45, 7) is 2.05. The quantitative estimate of drug-likeness (QED) is 0.778. The molecule has 1 unspecified atom stereocenters. The number of benzene rings is 3. The second kappa shape index (κ2) is 5.58.